The molecular weight excluding hydrogens is 542 g/mol. The monoisotopic (exact) mass is 587 g/mol. The summed E-state index contributed by atoms with van der Waals surface area (Å²) in [5.41, 5.74) is 10.9. The summed E-state index contributed by atoms with van der Waals surface area (Å²) in [7, 11) is 0. The molecule has 226 valence electrons. The summed E-state index contributed by atoms with van der Waals surface area (Å²) in [4.78, 5) is 2.33. The molecule has 0 radical (unpaired) electrons. The maximum atomic E-state index is 2.33. The van der Waals surface area contributed by atoms with E-state index in [-0.39, 0.29) is 0 Å². The molecule has 0 aliphatic carbocycles. The number of rotatable bonds is 6. The van der Waals surface area contributed by atoms with Crippen molar-refractivity contribution >= 4 is 22.1 Å². The Morgan fingerprint density at radius 3 is 1.53 bits per heavy atom. The average molecular weight is 588 g/mol. The molecule has 0 saturated heterocycles. The van der Waals surface area contributed by atoms with Crippen LogP contribution in [0.3, 0.4) is 0 Å². The fourth-order valence-corrected chi connectivity index (χ4v) is 5.26. The van der Waals surface area contributed by atoms with Crippen LogP contribution in [0.4, 0.5) is 11.4 Å². The molecule has 1 nitrogen and oxygen atoms in total. The van der Waals surface area contributed by atoms with Gasteiger partial charge in [0.15, 0.2) is 0 Å². The Morgan fingerprint density at radius 1 is 0.511 bits per heavy atom. The summed E-state index contributed by atoms with van der Waals surface area (Å²) in [5, 5.41) is 2.54. The lowest BCUT2D eigenvalue weighted by molar-refractivity contribution is 1.18. The summed E-state index contributed by atoms with van der Waals surface area (Å²) in [6.45, 7) is 12.5. The molecular formula is C44H45N. The second-order valence-electron chi connectivity index (χ2n) is 10.9. The minimum Gasteiger partial charge on any atom is -0.311 e. The Labute approximate surface area is 270 Å². The first kappa shape index (κ1) is 32.8. The fourth-order valence-electron chi connectivity index (χ4n) is 5.26. The van der Waals surface area contributed by atoms with Crippen LogP contribution in [0.5, 0.6) is 0 Å². The number of hydrogen-bond acceptors (Lipinski definition) is 1. The van der Waals surface area contributed by atoms with Crippen LogP contribution < -0.4 is 4.90 Å². The molecule has 6 rings (SSSR count). The molecule has 1 heteroatoms. The van der Waals surface area contributed by atoms with Crippen molar-refractivity contribution in [1.29, 1.82) is 0 Å². The third kappa shape index (κ3) is 8.71. The maximum absolute atomic E-state index is 2.33. The smallest absolute Gasteiger partial charge is 0.0461 e. The molecule has 0 spiro atoms. The molecule has 0 amide bonds. The van der Waals surface area contributed by atoms with Crippen molar-refractivity contribution in [2.45, 2.75) is 41.5 Å². The van der Waals surface area contributed by atoms with Gasteiger partial charge in [-0.25, -0.2) is 0 Å². The van der Waals surface area contributed by atoms with Gasteiger partial charge in [-0.15, -0.1) is 0 Å². The number of hydrogen-bond donors (Lipinski definition) is 0. The lowest BCUT2D eigenvalue weighted by Crippen LogP contribution is -2.15. The predicted octanol–water partition coefficient (Wildman–Crippen LogP) is 13.2. The Hall–Kier alpha value is -5.14. The van der Waals surface area contributed by atoms with Crippen LogP contribution in [0.2, 0.25) is 0 Å². The predicted molar refractivity (Wildman–Crippen MR) is 199 cm³/mol. The summed E-state index contributed by atoms with van der Waals surface area (Å²) < 4.78 is 0. The molecule has 0 N–H and O–H groups in total. The van der Waals surface area contributed by atoms with E-state index < -0.39 is 0 Å². The average Bonchev–Trinajstić information content (AvgIpc) is 3.10. The van der Waals surface area contributed by atoms with Crippen molar-refractivity contribution in [2.24, 2.45) is 0 Å². The molecule has 0 unspecified atom stereocenters. The zero-order chi connectivity index (χ0) is 32.0. The number of anilines is 2. The van der Waals surface area contributed by atoms with E-state index in [0.717, 1.165) is 17.1 Å². The summed E-state index contributed by atoms with van der Waals surface area (Å²) in [6.07, 6.45) is 4.42. The van der Waals surface area contributed by atoms with Crippen molar-refractivity contribution in [2.75, 3.05) is 4.90 Å². The van der Waals surface area contributed by atoms with Gasteiger partial charge < -0.3 is 4.90 Å². The van der Waals surface area contributed by atoms with Crippen LogP contribution in [0.25, 0.3) is 33.0 Å². The van der Waals surface area contributed by atoms with Crippen LogP contribution in [0.15, 0.2) is 175 Å². The zero-order valence-electron chi connectivity index (χ0n) is 27.5. The second-order valence-corrected chi connectivity index (χ2v) is 10.9. The van der Waals surface area contributed by atoms with Crippen LogP contribution >= 0.6 is 0 Å². The van der Waals surface area contributed by atoms with Crippen molar-refractivity contribution in [3.63, 3.8) is 0 Å². The number of allylic oxidation sites excluding steroid dienone is 3. The third-order valence-electron chi connectivity index (χ3n) is 7.39. The zero-order valence-corrected chi connectivity index (χ0v) is 27.5. The highest BCUT2D eigenvalue weighted by molar-refractivity contribution is 5.96. The van der Waals surface area contributed by atoms with E-state index in [0.29, 0.717) is 0 Å². The van der Waals surface area contributed by atoms with Crippen LogP contribution in [0.1, 0.15) is 40.2 Å². The standard InChI is InChI=1S/C35H31N.C7H8.C2H6/c1-4-31(25-26(2)3)36(32-21-17-28(18-22-32)27-11-6-5-7-12-27)33-23-19-30(20-24-33)35-16-10-14-29-13-8-9-15-34(29)35;1-7-5-3-2-4-6-7;1-2/h4-25H,1-3H3;2-6H,1H3;1-2H3/b31-4+;;. The molecule has 6 aromatic rings. The van der Waals surface area contributed by atoms with Gasteiger partial charge in [0.2, 0.25) is 0 Å². The summed E-state index contributed by atoms with van der Waals surface area (Å²) in [6, 6.07) is 53.6. The summed E-state index contributed by atoms with van der Waals surface area (Å²) in [5.74, 6) is 0. The lowest BCUT2D eigenvalue weighted by Gasteiger charge is -2.27. The van der Waals surface area contributed by atoms with Gasteiger partial charge >= 0.3 is 0 Å². The Morgan fingerprint density at radius 2 is 1.00 bits per heavy atom. The topological polar surface area (TPSA) is 3.24 Å². The van der Waals surface area contributed by atoms with Crippen molar-refractivity contribution < 1.29 is 0 Å². The second kappa shape index (κ2) is 16.6. The highest BCUT2D eigenvalue weighted by Crippen LogP contribution is 2.35. The Balaban J connectivity index is 0.000000447. The van der Waals surface area contributed by atoms with Gasteiger partial charge in [-0.2, -0.15) is 0 Å². The molecule has 0 aliphatic rings. The Kier molecular flexibility index (Phi) is 12.1. The van der Waals surface area contributed by atoms with E-state index >= 15 is 0 Å². The molecule has 0 fully saturated rings. The highest BCUT2D eigenvalue weighted by Gasteiger charge is 2.14. The van der Waals surface area contributed by atoms with Crippen molar-refractivity contribution in [3.8, 4) is 22.3 Å². The van der Waals surface area contributed by atoms with Crippen LogP contribution in [-0.2, 0) is 0 Å². The van der Waals surface area contributed by atoms with Gasteiger partial charge in [-0.3, -0.25) is 0 Å². The van der Waals surface area contributed by atoms with Gasteiger partial charge in [-0.1, -0.05) is 158 Å². The maximum Gasteiger partial charge on any atom is 0.0461 e. The quantitative estimate of drug-likeness (QED) is 0.175. The van der Waals surface area contributed by atoms with Gasteiger partial charge in [-0.05, 0) is 91.1 Å². The molecule has 0 bridgehead atoms. The largest absolute Gasteiger partial charge is 0.311 e. The Bertz CT molecular complexity index is 1800. The molecule has 0 heterocycles. The molecule has 0 aliphatic heterocycles. The van der Waals surface area contributed by atoms with Crippen molar-refractivity contribution in [1.82, 2.24) is 0 Å². The minimum absolute atomic E-state index is 1.14. The van der Waals surface area contributed by atoms with Gasteiger partial charge in [0, 0.05) is 17.1 Å². The first-order valence-corrected chi connectivity index (χ1v) is 15.9. The molecule has 0 saturated carbocycles. The first-order valence-electron chi connectivity index (χ1n) is 15.9. The molecule has 45 heavy (non-hydrogen) atoms. The van der Waals surface area contributed by atoms with Gasteiger partial charge in [0.25, 0.3) is 0 Å². The summed E-state index contributed by atoms with van der Waals surface area (Å²) >= 11 is 0. The van der Waals surface area contributed by atoms with Gasteiger partial charge in [0.1, 0.15) is 0 Å². The normalized spacial score (nSPS) is 10.6. The SMILES string of the molecule is C/C=C(\C=C(C)C)N(c1ccc(-c2ccccc2)cc1)c1ccc(-c2cccc3ccccc23)cc1.CC.Cc1ccccc1. The number of nitrogens with zero attached hydrogens (tertiary/aromatic N) is 1. The van der Waals surface area contributed by atoms with E-state index in [9.17, 15) is 0 Å². The third-order valence-corrected chi connectivity index (χ3v) is 7.39. The number of aryl methyl sites for hydroxylation is 1. The van der Waals surface area contributed by atoms with E-state index in [1.54, 1.807) is 0 Å². The highest BCUT2D eigenvalue weighted by atomic mass is 15.1. The molecule has 0 atom stereocenters. The molecule has 6 aromatic carbocycles. The van der Waals surface area contributed by atoms with E-state index in [4.69, 9.17) is 0 Å². The van der Waals surface area contributed by atoms with Crippen LogP contribution in [-0.4, -0.2) is 0 Å². The number of benzene rings is 6. The number of fused-ring (bicyclic) bond motifs is 1. The van der Waals surface area contributed by atoms with E-state index in [1.165, 1.54) is 44.2 Å². The minimum atomic E-state index is 1.14. The lowest BCUT2D eigenvalue weighted by atomic mass is 9.98. The molecule has 0 aromatic heterocycles. The first-order chi connectivity index (χ1) is 22.0. The van der Waals surface area contributed by atoms with Crippen molar-refractivity contribution in [3.05, 3.63) is 181 Å². The van der Waals surface area contributed by atoms with E-state index in [2.05, 4.69) is 178 Å². The van der Waals surface area contributed by atoms with Crippen LogP contribution in [0, 0.1) is 6.92 Å². The van der Waals surface area contributed by atoms with Gasteiger partial charge in [0.05, 0.1) is 0 Å². The fraction of sp³-hybridized carbons (Fsp3) is 0.136. The van der Waals surface area contributed by atoms with E-state index in [1.807, 2.05) is 32.0 Å².